The van der Waals surface area contributed by atoms with Gasteiger partial charge in [0.05, 0.1) is 0 Å². The van der Waals surface area contributed by atoms with Gasteiger partial charge in [-0.15, -0.1) is 0 Å². The molecular weight excluding hydrogens is 160 g/mol. The third-order valence-electron chi connectivity index (χ3n) is 4.50. The van der Waals surface area contributed by atoms with E-state index in [2.05, 4.69) is 6.92 Å². The summed E-state index contributed by atoms with van der Waals surface area (Å²) in [5, 5.41) is 0. The van der Waals surface area contributed by atoms with Crippen molar-refractivity contribution in [2.75, 3.05) is 0 Å². The topological polar surface area (TPSA) is 52.0 Å². The van der Waals surface area contributed by atoms with Crippen LogP contribution < -0.4 is 11.5 Å². The van der Waals surface area contributed by atoms with Crippen LogP contribution >= 0.6 is 0 Å². The minimum absolute atomic E-state index is 0.185. The van der Waals surface area contributed by atoms with Crippen molar-refractivity contribution in [1.82, 2.24) is 0 Å². The van der Waals surface area contributed by atoms with Crippen molar-refractivity contribution in [1.29, 1.82) is 0 Å². The first-order chi connectivity index (χ1) is 6.10. The fourth-order valence-corrected chi connectivity index (χ4v) is 3.78. The molecule has 0 aromatic rings. The minimum atomic E-state index is -0.185. The van der Waals surface area contributed by atoms with Gasteiger partial charge in [0.1, 0.15) is 0 Å². The SMILES string of the molecule is CC1(N)C2=C3CCC(C3)C2CC1N. The van der Waals surface area contributed by atoms with Gasteiger partial charge in [-0.2, -0.15) is 0 Å². The molecule has 2 fully saturated rings. The van der Waals surface area contributed by atoms with Gasteiger partial charge in [-0.05, 0) is 50.0 Å². The Morgan fingerprint density at radius 3 is 2.92 bits per heavy atom. The van der Waals surface area contributed by atoms with Gasteiger partial charge >= 0.3 is 0 Å². The number of fused-ring (bicyclic) bond motifs is 4. The summed E-state index contributed by atoms with van der Waals surface area (Å²) in [7, 11) is 0. The van der Waals surface area contributed by atoms with Crippen LogP contribution in [0.25, 0.3) is 0 Å². The Balaban J connectivity index is 2.10. The Kier molecular flexibility index (Phi) is 1.34. The smallest absolute Gasteiger partial charge is 0.0499 e. The monoisotopic (exact) mass is 178 g/mol. The van der Waals surface area contributed by atoms with Gasteiger partial charge in [-0.25, -0.2) is 0 Å². The molecule has 72 valence electrons. The maximum absolute atomic E-state index is 6.31. The molecule has 0 amide bonds. The van der Waals surface area contributed by atoms with Crippen molar-refractivity contribution in [2.24, 2.45) is 23.3 Å². The first-order valence-corrected chi connectivity index (χ1v) is 5.37. The molecule has 3 aliphatic carbocycles. The van der Waals surface area contributed by atoms with Crippen LogP contribution in [0.1, 0.15) is 32.6 Å². The molecule has 0 radical (unpaired) electrons. The van der Waals surface area contributed by atoms with E-state index < -0.39 is 0 Å². The molecule has 2 bridgehead atoms. The lowest BCUT2D eigenvalue weighted by Gasteiger charge is -2.28. The highest BCUT2D eigenvalue weighted by Gasteiger charge is 2.52. The van der Waals surface area contributed by atoms with Gasteiger partial charge in [-0.1, -0.05) is 5.57 Å². The van der Waals surface area contributed by atoms with Crippen molar-refractivity contribution in [3.63, 3.8) is 0 Å². The van der Waals surface area contributed by atoms with E-state index in [0.29, 0.717) is 0 Å². The first kappa shape index (κ1) is 8.01. The number of hydrogen-bond donors (Lipinski definition) is 2. The van der Waals surface area contributed by atoms with Crippen LogP contribution in [0.2, 0.25) is 0 Å². The lowest BCUT2D eigenvalue weighted by atomic mass is 9.84. The largest absolute Gasteiger partial charge is 0.326 e. The van der Waals surface area contributed by atoms with E-state index in [1.807, 2.05) is 0 Å². The molecule has 0 aromatic carbocycles. The lowest BCUT2D eigenvalue weighted by molar-refractivity contribution is 0.401. The second-order valence-corrected chi connectivity index (χ2v) is 5.25. The zero-order valence-corrected chi connectivity index (χ0v) is 8.22. The van der Waals surface area contributed by atoms with Gasteiger partial charge in [0.2, 0.25) is 0 Å². The van der Waals surface area contributed by atoms with Crippen LogP contribution in [-0.4, -0.2) is 11.6 Å². The van der Waals surface area contributed by atoms with Crippen LogP contribution in [0.5, 0.6) is 0 Å². The molecular formula is C11H18N2. The summed E-state index contributed by atoms with van der Waals surface area (Å²) in [6.45, 7) is 2.13. The molecule has 0 spiro atoms. The van der Waals surface area contributed by atoms with Gasteiger partial charge in [-0.3, -0.25) is 0 Å². The van der Waals surface area contributed by atoms with Crippen LogP contribution in [-0.2, 0) is 0 Å². The molecule has 0 aromatic heterocycles. The Labute approximate surface area is 79.4 Å². The second kappa shape index (κ2) is 2.18. The summed E-state index contributed by atoms with van der Waals surface area (Å²) in [6, 6.07) is 0.198. The summed E-state index contributed by atoms with van der Waals surface area (Å²) in [5.41, 5.74) is 15.4. The summed E-state index contributed by atoms with van der Waals surface area (Å²) in [6.07, 6.45) is 5.16. The molecule has 3 rings (SSSR count). The summed E-state index contributed by atoms with van der Waals surface area (Å²) < 4.78 is 0. The molecule has 0 aliphatic heterocycles. The van der Waals surface area contributed by atoms with Crippen LogP contribution in [0.4, 0.5) is 0 Å². The van der Waals surface area contributed by atoms with E-state index in [9.17, 15) is 0 Å². The van der Waals surface area contributed by atoms with E-state index in [-0.39, 0.29) is 11.6 Å². The average Bonchev–Trinajstić information content (AvgIpc) is 2.66. The van der Waals surface area contributed by atoms with Crippen molar-refractivity contribution < 1.29 is 0 Å². The molecule has 4 atom stereocenters. The maximum atomic E-state index is 6.31. The van der Waals surface area contributed by atoms with Crippen molar-refractivity contribution in [3.8, 4) is 0 Å². The van der Waals surface area contributed by atoms with Gasteiger partial charge < -0.3 is 11.5 Å². The van der Waals surface area contributed by atoms with Crippen molar-refractivity contribution >= 4 is 0 Å². The first-order valence-electron chi connectivity index (χ1n) is 5.37. The van der Waals surface area contributed by atoms with E-state index in [4.69, 9.17) is 11.5 Å². The van der Waals surface area contributed by atoms with E-state index in [1.165, 1.54) is 19.3 Å². The highest BCUT2D eigenvalue weighted by Crippen LogP contribution is 2.56. The predicted octanol–water partition coefficient (Wildman–Crippen LogP) is 1.16. The molecule has 4 N–H and O–H groups in total. The Bertz CT molecular complexity index is 290. The molecule has 2 heteroatoms. The molecule has 0 saturated heterocycles. The van der Waals surface area contributed by atoms with Crippen LogP contribution in [0.3, 0.4) is 0 Å². The standard InChI is InChI=1S/C11H18N2/c1-11(13)9(12)5-8-6-2-3-7(4-6)10(8)11/h6,8-9H,2-5,12-13H2,1H3. The zero-order chi connectivity index (χ0) is 9.22. The Hall–Kier alpha value is -0.340. The van der Waals surface area contributed by atoms with Gasteiger partial charge in [0.15, 0.2) is 0 Å². The summed E-state index contributed by atoms with van der Waals surface area (Å²) in [4.78, 5) is 0. The number of allylic oxidation sites excluding steroid dienone is 1. The highest BCUT2D eigenvalue weighted by molar-refractivity contribution is 5.41. The average molecular weight is 178 g/mol. The maximum Gasteiger partial charge on any atom is 0.0499 e. The molecule has 2 nitrogen and oxygen atoms in total. The highest BCUT2D eigenvalue weighted by atomic mass is 14.9. The molecule has 0 heterocycles. The Morgan fingerprint density at radius 1 is 1.46 bits per heavy atom. The van der Waals surface area contributed by atoms with Crippen LogP contribution in [0.15, 0.2) is 11.1 Å². The van der Waals surface area contributed by atoms with E-state index in [1.54, 1.807) is 11.1 Å². The van der Waals surface area contributed by atoms with Crippen molar-refractivity contribution in [3.05, 3.63) is 11.1 Å². The molecule has 13 heavy (non-hydrogen) atoms. The predicted molar refractivity (Wildman–Crippen MR) is 53.0 cm³/mol. The van der Waals surface area contributed by atoms with Gasteiger partial charge in [0, 0.05) is 11.6 Å². The Morgan fingerprint density at radius 2 is 2.23 bits per heavy atom. The third kappa shape index (κ3) is 0.810. The fourth-order valence-electron chi connectivity index (χ4n) is 3.78. The zero-order valence-electron chi connectivity index (χ0n) is 8.22. The second-order valence-electron chi connectivity index (χ2n) is 5.25. The van der Waals surface area contributed by atoms with E-state index >= 15 is 0 Å². The fraction of sp³-hybridized carbons (Fsp3) is 0.818. The number of rotatable bonds is 0. The molecule has 2 saturated carbocycles. The van der Waals surface area contributed by atoms with Crippen LogP contribution in [0, 0.1) is 11.8 Å². The summed E-state index contributed by atoms with van der Waals surface area (Å²) >= 11 is 0. The minimum Gasteiger partial charge on any atom is -0.326 e. The number of hydrogen-bond acceptors (Lipinski definition) is 2. The quantitative estimate of drug-likeness (QED) is 0.547. The normalized spacial score (nSPS) is 53.3. The molecule has 4 unspecified atom stereocenters. The van der Waals surface area contributed by atoms with Gasteiger partial charge in [0.25, 0.3) is 0 Å². The number of nitrogens with two attached hydrogens (primary N) is 2. The van der Waals surface area contributed by atoms with E-state index in [0.717, 1.165) is 18.3 Å². The lowest BCUT2D eigenvalue weighted by Crippen LogP contribution is -2.50. The summed E-state index contributed by atoms with van der Waals surface area (Å²) in [5.74, 6) is 1.66. The molecule has 3 aliphatic rings. The van der Waals surface area contributed by atoms with Crippen molar-refractivity contribution in [2.45, 2.75) is 44.2 Å². The third-order valence-corrected chi connectivity index (χ3v) is 4.50.